The predicted octanol–water partition coefficient (Wildman–Crippen LogP) is 3.14. The Hall–Kier alpha value is -1.58. The molecule has 1 aliphatic rings. The highest BCUT2D eigenvalue weighted by Gasteiger charge is 2.30. The topological polar surface area (TPSA) is 53.4 Å². The molecule has 1 N–H and O–H groups in total. The van der Waals surface area contributed by atoms with Gasteiger partial charge in [0.1, 0.15) is 5.82 Å². The van der Waals surface area contributed by atoms with E-state index < -0.39 is 5.97 Å². The van der Waals surface area contributed by atoms with Crippen molar-refractivity contribution in [3.63, 3.8) is 0 Å². The van der Waals surface area contributed by atoms with Crippen molar-refractivity contribution in [2.24, 2.45) is 5.41 Å². The summed E-state index contributed by atoms with van der Waals surface area (Å²) in [5.74, 6) is 0.145. The van der Waals surface area contributed by atoms with Crippen molar-refractivity contribution < 1.29 is 9.90 Å². The Kier molecular flexibility index (Phi) is 3.52. The van der Waals surface area contributed by atoms with Crippen molar-refractivity contribution in [1.82, 2.24) is 4.98 Å². The van der Waals surface area contributed by atoms with Crippen molar-refractivity contribution in [3.05, 3.63) is 23.4 Å². The minimum Gasteiger partial charge on any atom is -0.478 e. The van der Waals surface area contributed by atoms with Crippen LogP contribution in [0.5, 0.6) is 0 Å². The van der Waals surface area contributed by atoms with E-state index in [1.165, 1.54) is 0 Å². The second-order valence-electron chi connectivity index (χ2n) is 6.43. The van der Waals surface area contributed by atoms with Gasteiger partial charge in [-0.1, -0.05) is 27.7 Å². The molecule has 0 spiro atoms. The Bertz CT molecular complexity index is 495. The molecule has 0 bridgehead atoms. The summed E-state index contributed by atoms with van der Waals surface area (Å²) in [6.07, 6.45) is 1.11. The summed E-state index contributed by atoms with van der Waals surface area (Å²) >= 11 is 0. The number of hydrogen-bond donors (Lipinski definition) is 1. The summed E-state index contributed by atoms with van der Waals surface area (Å²) in [6.45, 7) is 10.4. The van der Waals surface area contributed by atoms with Crippen molar-refractivity contribution in [1.29, 1.82) is 0 Å². The van der Waals surface area contributed by atoms with E-state index in [2.05, 4.69) is 23.7 Å². The smallest absolute Gasteiger partial charge is 0.335 e. The number of carboxylic acid groups (broad SMARTS) is 1. The lowest BCUT2D eigenvalue weighted by Gasteiger charge is -2.22. The van der Waals surface area contributed by atoms with Gasteiger partial charge in [0, 0.05) is 18.8 Å². The summed E-state index contributed by atoms with van der Waals surface area (Å²) < 4.78 is 0. The molecule has 1 aromatic rings. The van der Waals surface area contributed by atoms with E-state index in [1.54, 1.807) is 12.1 Å². The Labute approximate surface area is 114 Å². The molecule has 0 amide bonds. The quantitative estimate of drug-likeness (QED) is 0.909. The van der Waals surface area contributed by atoms with Crippen LogP contribution in [0.3, 0.4) is 0 Å². The van der Waals surface area contributed by atoms with Crippen LogP contribution in [-0.2, 0) is 0 Å². The number of carboxylic acids is 1. The monoisotopic (exact) mass is 262 g/mol. The standard InChI is InChI=1S/C15H22N2O2/c1-10(2)12-7-11(14(18)19)8-13(16-12)17-6-5-15(3,4)9-17/h7-8,10H,5-6,9H2,1-4H3,(H,18,19). The molecule has 0 unspecified atom stereocenters. The van der Waals surface area contributed by atoms with E-state index in [9.17, 15) is 9.90 Å². The largest absolute Gasteiger partial charge is 0.478 e. The van der Waals surface area contributed by atoms with Gasteiger partial charge >= 0.3 is 5.97 Å². The molecule has 1 fully saturated rings. The minimum absolute atomic E-state index is 0.230. The lowest BCUT2D eigenvalue weighted by Crippen LogP contribution is -2.24. The summed E-state index contributed by atoms with van der Waals surface area (Å²) in [4.78, 5) is 18.0. The minimum atomic E-state index is -0.885. The molecular formula is C15H22N2O2. The number of pyridine rings is 1. The molecule has 0 radical (unpaired) electrons. The summed E-state index contributed by atoms with van der Waals surface area (Å²) in [5.41, 5.74) is 1.46. The number of aromatic carboxylic acids is 1. The van der Waals surface area contributed by atoms with Crippen LogP contribution < -0.4 is 4.90 Å². The normalized spacial score (nSPS) is 18.1. The van der Waals surface area contributed by atoms with Crippen LogP contribution in [0.4, 0.5) is 5.82 Å². The van der Waals surface area contributed by atoms with Crippen molar-refractivity contribution >= 4 is 11.8 Å². The molecule has 19 heavy (non-hydrogen) atoms. The number of carbonyl (C=O) groups is 1. The molecule has 1 saturated heterocycles. The number of hydrogen-bond acceptors (Lipinski definition) is 3. The fourth-order valence-electron chi connectivity index (χ4n) is 2.43. The highest BCUT2D eigenvalue weighted by atomic mass is 16.4. The lowest BCUT2D eigenvalue weighted by molar-refractivity contribution is 0.0696. The first kappa shape index (κ1) is 13.8. The van der Waals surface area contributed by atoms with Gasteiger partial charge in [0.2, 0.25) is 0 Å². The highest BCUT2D eigenvalue weighted by molar-refractivity contribution is 5.88. The third-order valence-corrected chi connectivity index (χ3v) is 3.67. The van der Waals surface area contributed by atoms with Crippen LogP contribution in [0.15, 0.2) is 12.1 Å². The summed E-state index contributed by atoms with van der Waals surface area (Å²) in [7, 11) is 0. The number of anilines is 1. The Balaban J connectivity index is 2.37. The van der Waals surface area contributed by atoms with Gasteiger partial charge in [-0.3, -0.25) is 0 Å². The Morgan fingerprint density at radius 2 is 2.11 bits per heavy atom. The molecule has 0 atom stereocenters. The maximum absolute atomic E-state index is 11.2. The molecule has 4 nitrogen and oxygen atoms in total. The average Bonchev–Trinajstić information content (AvgIpc) is 2.69. The van der Waals surface area contributed by atoms with Gasteiger partial charge in [0.25, 0.3) is 0 Å². The number of aromatic nitrogens is 1. The van der Waals surface area contributed by atoms with Crippen molar-refractivity contribution in [2.45, 2.75) is 40.0 Å². The van der Waals surface area contributed by atoms with E-state index in [0.717, 1.165) is 31.0 Å². The summed E-state index contributed by atoms with van der Waals surface area (Å²) in [6, 6.07) is 3.37. The van der Waals surface area contributed by atoms with Gasteiger partial charge in [-0.25, -0.2) is 9.78 Å². The Morgan fingerprint density at radius 3 is 2.58 bits per heavy atom. The highest BCUT2D eigenvalue weighted by Crippen LogP contribution is 2.32. The predicted molar refractivity (Wildman–Crippen MR) is 75.9 cm³/mol. The molecule has 2 heterocycles. The third-order valence-electron chi connectivity index (χ3n) is 3.67. The van der Waals surface area contributed by atoms with E-state index >= 15 is 0 Å². The van der Waals surface area contributed by atoms with Crippen LogP contribution in [-0.4, -0.2) is 29.1 Å². The molecular weight excluding hydrogens is 240 g/mol. The average molecular weight is 262 g/mol. The molecule has 1 aromatic heterocycles. The molecule has 0 saturated carbocycles. The van der Waals surface area contributed by atoms with Gasteiger partial charge in [0.05, 0.1) is 5.56 Å². The Morgan fingerprint density at radius 1 is 1.42 bits per heavy atom. The molecule has 0 aliphatic carbocycles. The van der Waals surface area contributed by atoms with E-state index in [0.29, 0.717) is 5.56 Å². The third kappa shape index (κ3) is 3.06. The molecule has 2 rings (SSSR count). The van der Waals surface area contributed by atoms with Crippen LogP contribution in [0, 0.1) is 5.41 Å². The molecule has 0 aromatic carbocycles. The van der Waals surface area contributed by atoms with Crippen LogP contribution in [0.1, 0.15) is 56.1 Å². The van der Waals surface area contributed by atoms with E-state index in [1.807, 2.05) is 13.8 Å². The second-order valence-corrected chi connectivity index (χ2v) is 6.43. The van der Waals surface area contributed by atoms with Gasteiger partial charge in [-0.2, -0.15) is 0 Å². The molecule has 104 valence electrons. The van der Waals surface area contributed by atoms with Gasteiger partial charge in [0.15, 0.2) is 0 Å². The maximum atomic E-state index is 11.2. The van der Waals surface area contributed by atoms with Gasteiger partial charge in [-0.15, -0.1) is 0 Å². The fraction of sp³-hybridized carbons (Fsp3) is 0.600. The zero-order valence-corrected chi connectivity index (χ0v) is 12.1. The van der Waals surface area contributed by atoms with E-state index in [4.69, 9.17) is 0 Å². The van der Waals surface area contributed by atoms with Gasteiger partial charge < -0.3 is 10.0 Å². The fourth-order valence-corrected chi connectivity index (χ4v) is 2.43. The number of rotatable bonds is 3. The lowest BCUT2D eigenvalue weighted by atomic mass is 9.93. The van der Waals surface area contributed by atoms with Gasteiger partial charge in [-0.05, 0) is 29.9 Å². The summed E-state index contributed by atoms with van der Waals surface area (Å²) in [5, 5.41) is 9.21. The SMILES string of the molecule is CC(C)c1cc(C(=O)O)cc(N2CCC(C)(C)C2)n1. The first-order valence-corrected chi connectivity index (χ1v) is 6.79. The van der Waals surface area contributed by atoms with Crippen molar-refractivity contribution in [2.75, 3.05) is 18.0 Å². The zero-order chi connectivity index (χ0) is 14.2. The first-order valence-electron chi connectivity index (χ1n) is 6.79. The molecule has 1 aliphatic heterocycles. The number of nitrogens with zero attached hydrogens (tertiary/aromatic N) is 2. The maximum Gasteiger partial charge on any atom is 0.335 e. The second kappa shape index (κ2) is 4.83. The van der Waals surface area contributed by atoms with E-state index in [-0.39, 0.29) is 11.3 Å². The first-order chi connectivity index (χ1) is 8.78. The van der Waals surface area contributed by atoms with Crippen LogP contribution in [0.2, 0.25) is 0 Å². The van der Waals surface area contributed by atoms with Crippen LogP contribution >= 0.6 is 0 Å². The van der Waals surface area contributed by atoms with Crippen LogP contribution in [0.25, 0.3) is 0 Å². The molecule has 4 heteroatoms. The zero-order valence-electron chi connectivity index (χ0n) is 12.1. The van der Waals surface area contributed by atoms with Crippen molar-refractivity contribution in [3.8, 4) is 0 Å².